The third-order valence-corrected chi connectivity index (χ3v) is 4.26. The Morgan fingerprint density at radius 2 is 2.37 bits per heavy atom. The fraction of sp³-hybridized carbons (Fsp3) is 0.429. The number of amides is 1. The molecule has 0 spiro atoms. The van der Waals surface area contributed by atoms with Gasteiger partial charge in [-0.05, 0) is 31.6 Å². The molecule has 1 saturated heterocycles. The molecule has 2 rings (SSSR count). The van der Waals surface area contributed by atoms with Crippen molar-refractivity contribution < 1.29 is 14.3 Å². The lowest BCUT2D eigenvalue weighted by molar-refractivity contribution is -0.128. The van der Waals surface area contributed by atoms with Gasteiger partial charge in [-0.2, -0.15) is 0 Å². The van der Waals surface area contributed by atoms with E-state index in [1.54, 1.807) is 6.07 Å². The maximum Gasteiger partial charge on any atom is 0.348 e. The molecule has 0 saturated carbocycles. The third-order valence-electron chi connectivity index (χ3n) is 3.23. The molecule has 1 aliphatic rings. The number of esters is 1. The normalized spacial score (nSPS) is 19.4. The van der Waals surface area contributed by atoms with Gasteiger partial charge < -0.3 is 9.64 Å². The van der Waals surface area contributed by atoms with Crippen molar-refractivity contribution in [2.45, 2.75) is 25.8 Å². The monoisotopic (exact) mass is 279 g/mol. The summed E-state index contributed by atoms with van der Waals surface area (Å²) >= 11 is 1.38. The minimum absolute atomic E-state index is 0.221. The van der Waals surface area contributed by atoms with Crippen LogP contribution in [0.3, 0.4) is 0 Å². The van der Waals surface area contributed by atoms with E-state index in [0.29, 0.717) is 23.9 Å². The largest absolute Gasteiger partial charge is 0.465 e. The molecule has 0 radical (unpaired) electrons. The van der Waals surface area contributed by atoms with Gasteiger partial charge in [-0.15, -0.1) is 11.3 Å². The van der Waals surface area contributed by atoms with Gasteiger partial charge in [0.15, 0.2) is 0 Å². The van der Waals surface area contributed by atoms with Crippen LogP contribution in [0.1, 0.15) is 34.3 Å². The number of ether oxygens (including phenoxy) is 1. The molecule has 1 aromatic rings. The van der Waals surface area contributed by atoms with Gasteiger partial charge in [0.2, 0.25) is 5.91 Å². The molecule has 0 bridgehead atoms. The molecule has 1 fully saturated rings. The first-order valence-corrected chi connectivity index (χ1v) is 7.07. The Morgan fingerprint density at radius 3 is 3.00 bits per heavy atom. The van der Waals surface area contributed by atoms with Gasteiger partial charge in [-0.3, -0.25) is 4.79 Å². The SMILES string of the molecule is COC(=O)c1ccc(/C=C\CN2C(=O)CCC2C)s1. The van der Waals surface area contributed by atoms with Crippen LogP contribution in [0.4, 0.5) is 0 Å². The lowest BCUT2D eigenvalue weighted by Crippen LogP contribution is -2.30. The highest BCUT2D eigenvalue weighted by atomic mass is 32.1. The van der Waals surface area contributed by atoms with E-state index in [2.05, 4.69) is 11.7 Å². The van der Waals surface area contributed by atoms with Crippen LogP contribution in [0.15, 0.2) is 18.2 Å². The summed E-state index contributed by atoms with van der Waals surface area (Å²) in [6, 6.07) is 3.95. The van der Waals surface area contributed by atoms with Crippen molar-refractivity contribution in [3.05, 3.63) is 28.0 Å². The number of rotatable bonds is 4. The van der Waals surface area contributed by atoms with Crippen LogP contribution in [0.5, 0.6) is 0 Å². The molecule has 19 heavy (non-hydrogen) atoms. The van der Waals surface area contributed by atoms with Crippen molar-refractivity contribution in [2.24, 2.45) is 0 Å². The van der Waals surface area contributed by atoms with Crippen LogP contribution in [-0.4, -0.2) is 36.5 Å². The molecule has 0 aromatic carbocycles. The van der Waals surface area contributed by atoms with Gasteiger partial charge in [0.1, 0.15) is 4.88 Å². The van der Waals surface area contributed by atoms with E-state index in [0.717, 1.165) is 11.3 Å². The topological polar surface area (TPSA) is 46.6 Å². The summed E-state index contributed by atoms with van der Waals surface area (Å²) in [5.74, 6) is -0.0911. The molecule has 4 nitrogen and oxygen atoms in total. The highest BCUT2D eigenvalue weighted by Gasteiger charge is 2.25. The zero-order valence-electron chi connectivity index (χ0n) is 11.1. The first-order chi connectivity index (χ1) is 9.11. The Bertz CT molecular complexity index is 507. The maximum atomic E-state index is 11.6. The first-order valence-electron chi connectivity index (χ1n) is 6.26. The molecular formula is C14H17NO3S. The molecule has 0 aliphatic carbocycles. The highest BCUT2D eigenvalue weighted by molar-refractivity contribution is 7.14. The van der Waals surface area contributed by atoms with Crippen molar-refractivity contribution in [3.8, 4) is 0 Å². The number of likely N-dealkylation sites (tertiary alicyclic amines) is 1. The van der Waals surface area contributed by atoms with E-state index in [1.165, 1.54) is 18.4 Å². The van der Waals surface area contributed by atoms with E-state index in [9.17, 15) is 9.59 Å². The Labute approximate surface area is 116 Å². The molecule has 1 aromatic heterocycles. The van der Waals surface area contributed by atoms with Gasteiger partial charge in [0.25, 0.3) is 0 Å². The van der Waals surface area contributed by atoms with E-state index in [1.807, 2.05) is 23.1 Å². The Kier molecular flexibility index (Phi) is 4.37. The Hall–Kier alpha value is -1.62. The fourth-order valence-corrected chi connectivity index (χ4v) is 2.95. The maximum absolute atomic E-state index is 11.6. The summed E-state index contributed by atoms with van der Waals surface area (Å²) < 4.78 is 4.66. The van der Waals surface area contributed by atoms with Gasteiger partial charge in [0, 0.05) is 23.9 Å². The zero-order valence-corrected chi connectivity index (χ0v) is 11.9. The number of hydrogen-bond donors (Lipinski definition) is 0. The van der Waals surface area contributed by atoms with Crippen LogP contribution in [-0.2, 0) is 9.53 Å². The van der Waals surface area contributed by atoms with Gasteiger partial charge in [-0.25, -0.2) is 4.79 Å². The summed E-state index contributed by atoms with van der Waals surface area (Å²) in [5, 5.41) is 0. The second-order valence-corrected chi connectivity index (χ2v) is 5.65. The van der Waals surface area contributed by atoms with E-state index < -0.39 is 0 Å². The third kappa shape index (κ3) is 3.23. The predicted octanol–water partition coefficient (Wildman–Crippen LogP) is 2.56. The fourth-order valence-electron chi connectivity index (χ4n) is 2.09. The highest BCUT2D eigenvalue weighted by Crippen LogP contribution is 2.20. The van der Waals surface area contributed by atoms with Gasteiger partial charge in [-0.1, -0.05) is 6.08 Å². The Balaban J connectivity index is 1.94. The van der Waals surface area contributed by atoms with Crippen molar-refractivity contribution in [1.82, 2.24) is 4.90 Å². The molecule has 5 heteroatoms. The summed E-state index contributed by atoms with van der Waals surface area (Å²) in [4.78, 5) is 26.4. The summed E-state index contributed by atoms with van der Waals surface area (Å²) in [7, 11) is 1.37. The van der Waals surface area contributed by atoms with Crippen molar-refractivity contribution >= 4 is 29.3 Å². The van der Waals surface area contributed by atoms with Crippen LogP contribution < -0.4 is 0 Å². The van der Waals surface area contributed by atoms with Crippen LogP contribution >= 0.6 is 11.3 Å². The smallest absolute Gasteiger partial charge is 0.348 e. The summed E-state index contributed by atoms with van der Waals surface area (Å²) in [5.41, 5.74) is 0. The number of hydrogen-bond acceptors (Lipinski definition) is 4. The lowest BCUT2D eigenvalue weighted by Gasteiger charge is -2.19. The van der Waals surface area contributed by atoms with Crippen LogP contribution in [0.25, 0.3) is 6.08 Å². The lowest BCUT2D eigenvalue weighted by atomic mass is 10.2. The molecule has 0 N–H and O–H groups in total. The average Bonchev–Trinajstić information content (AvgIpc) is 2.99. The van der Waals surface area contributed by atoms with Crippen LogP contribution in [0.2, 0.25) is 0 Å². The second kappa shape index (κ2) is 6.02. The molecule has 1 unspecified atom stereocenters. The minimum Gasteiger partial charge on any atom is -0.465 e. The van der Waals surface area contributed by atoms with Gasteiger partial charge >= 0.3 is 5.97 Å². The number of nitrogens with zero attached hydrogens (tertiary/aromatic N) is 1. The summed E-state index contributed by atoms with van der Waals surface area (Å²) in [6.07, 6.45) is 5.50. The van der Waals surface area contributed by atoms with Crippen molar-refractivity contribution in [3.63, 3.8) is 0 Å². The molecule has 1 atom stereocenters. The van der Waals surface area contributed by atoms with E-state index in [-0.39, 0.29) is 11.9 Å². The summed E-state index contributed by atoms with van der Waals surface area (Å²) in [6.45, 7) is 2.70. The number of methoxy groups -OCH3 is 1. The number of carbonyl (C=O) groups excluding carboxylic acids is 2. The van der Waals surface area contributed by atoms with E-state index in [4.69, 9.17) is 0 Å². The number of carbonyl (C=O) groups is 2. The quantitative estimate of drug-likeness (QED) is 0.796. The average molecular weight is 279 g/mol. The first kappa shape index (κ1) is 13.8. The standard InChI is InChI=1S/C14H17NO3S/c1-10-5-8-13(16)15(10)9-3-4-11-6-7-12(19-11)14(17)18-2/h3-4,6-7,10H,5,8-9H2,1-2H3/b4-3-. The molecule has 1 aliphatic heterocycles. The molecule has 1 amide bonds. The molecular weight excluding hydrogens is 262 g/mol. The molecule has 102 valence electrons. The second-order valence-electron chi connectivity index (χ2n) is 4.53. The zero-order chi connectivity index (χ0) is 13.8. The number of thiophene rings is 1. The minimum atomic E-state index is -0.312. The van der Waals surface area contributed by atoms with Gasteiger partial charge in [0.05, 0.1) is 7.11 Å². The van der Waals surface area contributed by atoms with Crippen LogP contribution in [0, 0.1) is 0 Å². The molecule has 2 heterocycles. The van der Waals surface area contributed by atoms with E-state index >= 15 is 0 Å². The Morgan fingerprint density at radius 1 is 1.58 bits per heavy atom. The predicted molar refractivity (Wildman–Crippen MR) is 75.1 cm³/mol. The van der Waals surface area contributed by atoms with Crippen molar-refractivity contribution in [1.29, 1.82) is 0 Å². The van der Waals surface area contributed by atoms with Crippen molar-refractivity contribution in [2.75, 3.05) is 13.7 Å².